The fourth-order valence-electron chi connectivity index (χ4n) is 2.20. The number of hydrogen-bond acceptors (Lipinski definition) is 3. The summed E-state index contributed by atoms with van der Waals surface area (Å²) in [6.07, 6.45) is 4.70. The van der Waals surface area contributed by atoms with Gasteiger partial charge in [-0.1, -0.05) is 26.7 Å². The van der Waals surface area contributed by atoms with Gasteiger partial charge >= 0.3 is 0 Å². The Kier molecular flexibility index (Phi) is 5.73. The van der Waals surface area contributed by atoms with Crippen LogP contribution in [0.2, 0.25) is 0 Å². The van der Waals surface area contributed by atoms with E-state index < -0.39 is 0 Å². The van der Waals surface area contributed by atoms with Crippen molar-refractivity contribution in [1.82, 2.24) is 5.32 Å². The van der Waals surface area contributed by atoms with E-state index >= 15 is 0 Å². The van der Waals surface area contributed by atoms with Gasteiger partial charge in [-0.3, -0.25) is 0 Å². The van der Waals surface area contributed by atoms with Crippen molar-refractivity contribution >= 4 is 0 Å². The molecule has 3 heteroatoms. The zero-order valence-corrected chi connectivity index (χ0v) is 11.0. The van der Waals surface area contributed by atoms with Crippen molar-refractivity contribution in [3.63, 3.8) is 0 Å². The van der Waals surface area contributed by atoms with Crippen LogP contribution in [0.4, 0.5) is 0 Å². The number of β-amino-alcohol motifs (C(OH)–C–C–N with tert-alkyl or cyclic N) is 1. The van der Waals surface area contributed by atoms with Crippen LogP contribution in [0.25, 0.3) is 0 Å². The minimum absolute atomic E-state index is 0.249. The van der Waals surface area contributed by atoms with Gasteiger partial charge in [0.15, 0.2) is 0 Å². The van der Waals surface area contributed by atoms with Gasteiger partial charge in [-0.2, -0.15) is 0 Å². The number of ether oxygens (including phenoxy) is 1. The van der Waals surface area contributed by atoms with Crippen LogP contribution in [0, 0.1) is 5.92 Å². The van der Waals surface area contributed by atoms with E-state index in [0.29, 0.717) is 19.1 Å². The summed E-state index contributed by atoms with van der Waals surface area (Å²) >= 11 is 0. The SMILES string of the molecule is CC(C)COCC(O)CNC1(C)CCCC1. The van der Waals surface area contributed by atoms with E-state index in [4.69, 9.17) is 4.74 Å². The molecule has 1 fully saturated rings. The zero-order valence-electron chi connectivity index (χ0n) is 11.0. The normalized spacial score (nSPS) is 21.6. The lowest BCUT2D eigenvalue weighted by Gasteiger charge is -2.27. The third kappa shape index (κ3) is 5.28. The van der Waals surface area contributed by atoms with E-state index in [-0.39, 0.29) is 11.6 Å². The highest BCUT2D eigenvalue weighted by molar-refractivity contribution is 4.88. The van der Waals surface area contributed by atoms with Crippen LogP contribution in [-0.4, -0.2) is 36.5 Å². The molecule has 0 radical (unpaired) electrons. The molecule has 1 atom stereocenters. The average molecular weight is 229 g/mol. The third-order valence-electron chi connectivity index (χ3n) is 3.23. The highest BCUT2D eigenvalue weighted by Crippen LogP contribution is 2.28. The van der Waals surface area contributed by atoms with Gasteiger partial charge in [0, 0.05) is 18.7 Å². The molecule has 0 aliphatic heterocycles. The van der Waals surface area contributed by atoms with Crippen molar-refractivity contribution in [2.24, 2.45) is 5.92 Å². The van der Waals surface area contributed by atoms with Crippen LogP contribution in [-0.2, 0) is 4.74 Å². The van der Waals surface area contributed by atoms with Crippen molar-refractivity contribution in [1.29, 1.82) is 0 Å². The topological polar surface area (TPSA) is 41.5 Å². The maximum atomic E-state index is 9.75. The second kappa shape index (κ2) is 6.58. The van der Waals surface area contributed by atoms with Crippen LogP contribution in [0.3, 0.4) is 0 Å². The second-order valence-corrected chi connectivity index (χ2v) is 5.73. The molecule has 3 nitrogen and oxygen atoms in total. The van der Waals surface area contributed by atoms with Crippen molar-refractivity contribution in [3.05, 3.63) is 0 Å². The summed E-state index contributed by atoms with van der Waals surface area (Å²) in [7, 11) is 0. The molecule has 0 amide bonds. The molecular formula is C13H27NO2. The van der Waals surface area contributed by atoms with Crippen LogP contribution < -0.4 is 5.32 Å². The first-order valence-corrected chi connectivity index (χ1v) is 6.53. The Morgan fingerprint density at radius 1 is 1.25 bits per heavy atom. The highest BCUT2D eigenvalue weighted by atomic mass is 16.5. The van der Waals surface area contributed by atoms with Crippen molar-refractivity contribution in [2.75, 3.05) is 19.8 Å². The van der Waals surface area contributed by atoms with E-state index in [1.165, 1.54) is 25.7 Å². The van der Waals surface area contributed by atoms with Gasteiger partial charge in [0.1, 0.15) is 0 Å². The predicted molar refractivity (Wildman–Crippen MR) is 66.5 cm³/mol. The summed E-state index contributed by atoms with van der Waals surface area (Å²) in [6.45, 7) is 8.31. The summed E-state index contributed by atoms with van der Waals surface area (Å²) < 4.78 is 5.41. The Hall–Kier alpha value is -0.120. The molecule has 16 heavy (non-hydrogen) atoms. The second-order valence-electron chi connectivity index (χ2n) is 5.73. The molecule has 0 bridgehead atoms. The molecule has 0 aromatic rings. The number of aliphatic hydroxyl groups excluding tert-OH is 1. The lowest BCUT2D eigenvalue weighted by Crippen LogP contribution is -2.44. The molecule has 2 N–H and O–H groups in total. The van der Waals surface area contributed by atoms with E-state index in [1.807, 2.05) is 0 Å². The summed E-state index contributed by atoms with van der Waals surface area (Å²) in [6, 6.07) is 0. The maximum absolute atomic E-state index is 9.75. The summed E-state index contributed by atoms with van der Waals surface area (Å²) in [5, 5.41) is 13.2. The van der Waals surface area contributed by atoms with E-state index in [0.717, 1.165) is 6.61 Å². The number of hydrogen-bond donors (Lipinski definition) is 2. The molecule has 96 valence electrons. The summed E-state index contributed by atoms with van der Waals surface area (Å²) in [4.78, 5) is 0. The van der Waals surface area contributed by atoms with Gasteiger partial charge in [-0.15, -0.1) is 0 Å². The smallest absolute Gasteiger partial charge is 0.0897 e. The quantitative estimate of drug-likeness (QED) is 0.701. The van der Waals surface area contributed by atoms with Gasteiger partial charge in [-0.25, -0.2) is 0 Å². The number of nitrogens with one attached hydrogen (secondary N) is 1. The van der Waals surface area contributed by atoms with Gasteiger partial charge in [0.25, 0.3) is 0 Å². The fraction of sp³-hybridized carbons (Fsp3) is 1.00. The predicted octanol–water partition coefficient (Wildman–Crippen LogP) is 1.94. The van der Waals surface area contributed by atoms with E-state index in [2.05, 4.69) is 26.1 Å². The first-order chi connectivity index (χ1) is 7.52. The molecule has 1 saturated carbocycles. The molecule has 1 aliphatic carbocycles. The van der Waals surface area contributed by atoms with Crippen LogP contribution in [0.1, 0.15) is 46.5 Å². The van der Waals surface area contributed by atoms with Gasteiger partial charge in [0.2, 0.25) is 0 Å². The Morgan fingerprint density at radius 2 is 1.88 bits per heavy atom. The lowest BCUT2D eigenvalue weighted by atomic mass is 10.0. The van der Waals surface area contributed by atoms with Gasteiger partial charge in [0.05, 0.1) is 12.7 Å². The summed E-state index contributed by atoms with van der Waals surface area (Å²) in [5.74, 6) is 0.535. The van der Waals surface area contributed by atoms with Crippen LogP contribution in [0.15, 0.2) is 0 Å². The largest absolute Gasteiger partial charge is 0.389 e. The van der Waals surface area contributed by atoms with Crippen LogP contribution >= 0.6 is 0 Å². The lowest BCUT2D eigenvalue weighted by molar-refractivity contribution is 0.0229. The molecule has 1 unspecified atom stereocenters. The molecular weight excluding hydrogens is 202 g/mol. The van der Waals surface area contributed by atoms with Gasteiger partial charge < -0.3 is 15.2 Å². The van der Waals surface area contributed by atoms with E-state index in [9.17, 15) is 5.11 Å². The van der Waals surface area contributed by atoms with E-state index in [1.54, 1.807) is 0 Å². The highest BCUT2D eigenvalue weighted by Gasteiger charge is 2.28. The Morgan fingerprint density at radius 3 is 2.44 bits per heavy atom. The van der Waals surface area contributed by atoms with Gasteiger partial charge in [-0.05, 0) is 25.7 Å². The molecule has 0 saturated heterocycles. The third-order valence-corrected chi connectivity index (χ3v) is 3.23. The first kappa shape index (κ1) is 13.9. The average Bonchev–Trinajstić information content (AvgIpc) is 2.62. The fourth-order valence-corrected chi connectivity index (χ4v) is 2.20. The van der Waals surface area contributed by atoms with Crippen molar-refractivity contribution in [3.8, 4) is 0 Å². The minimum Gasteiger partial charge on any atom is -0.389 e. The summed E-state index contributed by atoms with van der Waals surface area (Å²) in [5.41, 5.74) is 0.249. The Balaban J connectivity index is 2.07. The minimum atomic E-state index is -0.379. The molecule has 0 heterocycles. The zero-order chi connectivity index (χ0) is 12.0. The Labute approximate surface area is 99.6 Å². The Bertz CT molecular complexity index is 188. The molecule has 0 aromatic carbocycles. The standard InChI is InChI=1S/C13H27NO2/c1-11(2)9-16-10-12(15)8-14-13(3)6-4-5-7-13/h11-12,14-15H,4-10H2,1-3H3. The number of aliphatic hydroxyl groups is 1. The maximum Gasteiger partial charge on any atom is 0.0897 e. The molecule has 0 aromatic heterocycles. The molecule has 1 rings (SSSR count). The molecule has 0 spiro atoms. The molecule has 1 aliphatic rings. The first-order valence-electron chi connectivity index (χ1n) is 6.53. The monoisotopic (exact) mass is 229 g/mol. The van der Waals surface area contributed by atoms with Crippen molar-refractivity contribution in [2.45, 2.75) is 58.1 Å². The number of rotatable bonds is 7. The van der Waals surface area contributed by atoms with Crippen LogP contribution in [0.5, 0.6) is 0 Å². The van der Waals surface area contributed by atoms with Crippen molar-refractivity contribution < 1.29 is 9.84 Å².